The molecule has 0 radical (unpaired) electrons. The van der Waals surface area contributed by atoms with Crippen LogP contribution in [0.15, 0.2) is 0 Å². The number of hydrogen-bond acceptors (Lipinski definition) is 2. The Hall–Kier alpha value is -0.140. The van der Waals surface area contributed by atoms with Crippen molar-refractivity contribution in [1.29, 1.82) is 0 Å². The summed E-state index contributed by atoms with van der Waals surface area (Å²) in [7, 11) is 2.67. The molecule has 0 spiro atoms. The normalized spacial score (nSPS) is 26.5. The largest absolute Gasteiger partial charge is 0.352 e. The molecule has 1 heterocycles. The lowest BCUT2D eigenvalue weighted by Gasteiger charge is -2.29. The first kappa shape index (κ1) is 8.95. The van der Waals surface area contributed by atoms with Crippen molar-refractivity contribution in [3.8, 4) is 0 Å². The molecule has 1 N–H and O–H groups in total. The molecule has 1 saturated heterocycles. The fourth-order valence-electron chi connectivity index (χ4n) is 1.41. The zero-order valence-electron chi connectivity index (χ0n) is 6.84. The van der Waals surface area contributed by atoms with Crippen molar-refractivity contribution in [2.75, 3.05) is 13.1 Å². The molecule has 2 atom stereocenters. The Morgan fingerprint density at radius 3 is 3.00 bits per heavy atom. The number of amides is 1. The first-order valence-electron chi connectivity index (χ1n) is 3.95. The molecule has 0 aromatic heterocycles. The van der Waals surface area contributed by atoms with Crippen LogP contribution in [0.1, 0.15) is 19.8 Å². The van der Waals surface area contributed by atoms with Gasteiger partial charge in [-0.25, -0.2) is 0 Å². The van der Waals surface area contributed by atoms with Gasteiger partial charge in [0.2, 0.25) is 5.91 Å². The fourth-order valence-corrected chi connectivity index (χ4v) is 1.85. The highest BCUT2D eigenvalue weighted by Gasteiger charge is 2.16. The first-order chi connectivity index (χ1) is 5.18. The summed E-state index contributed by atoms with van der Waals surface area (Å²) in [5.41, 5.74) is 0. The number of rotatable bonds is 1. The first-order valence-corrected chi connectivity index (χ1v) is 4.47. The van der Waals surface area contributed by atoms with E-state index in [1.807, 2.05) is 0 Å². The Kier molecular flexibility index (Phi) is 3.28. The molecule has 0 bridgehead atoms. The molecule has 0 aromatic rings. The van der Waals surface area contributed by atoms with E-state index in [0.717, 1.165) is 19.5 Å². The summed E-state index contributed by atoms with van der Waals surface area (Å²) < 4.78 is 2.17. The van der Waals surface area contributed by atoms with Gasteiger partial charge in [-0.05, 0) is 12.8 Å². The molecule has 1 amide bonds. The minimum Gasteiger partial charge on any atom is -0.352 e. The number of carbonyl (C=O) groups is 1. The molecule has 4 heteroatoms. The summed E-state index contributed by atoms with van der Waals surface area (Å²) in [6, 6.07) is 0.360. The van der Waals surface area contributed by atoms with Crippen LogP contribution in [0.4, 0.5) is 0 Å². The van der Waals surface area contributed by atoms with E-state index in [2.05, 4.69) is 19.4 Å². The predicted molar refractivity (Wildman–Crippen MR) is 48.1 cm³/mol. The smallest absolute Gasteiger partial charge is 0.217 e. The molecule has 64 valence electrons. The fraction of sp³-hybridized carbons (Fsp3) is 0.857. The molecule has 1 aliphatic rings. The van der Waals surface area contributed by atoms with Gasteiger partial charge in [-0.15, -0.1) is 0 Å². The molecule has 0 aromatic carbocycles. The van der Waals surface area contributed by atoms with E-state index in [-0.39, 0.29) is 5.91 Å². The Morgan fingerprint density at radius 1 is 1.73 bits per heavy atom. The van der Waals surface area contributed by atoms with Crippen molar-refractivity contribution < 1.29 is 4.79 Å². The highest BCUT2D eigenvalue weighted by molar-refractivity contribution is 7.13. The number of carbonyl (C=O) groups excluding carboxylic acids is 1. The highest BCUT2D eigenvalue weighted by atomic mass is 31.0. The predicted octanol–water partition coefficient (Wildman–Crippen LogP) is 0.377. The van der Waals surface area contributed by atoms with E-state index < -0.39 is 0 Å². The minimum atomic E-state index is 0.0790. The van der Waals surface area contributed by atoms with Crippen molar-refractivity contribution in [2.45, 2.75) is 25.8 Å². The van der Waals surface area contributed by atoms with Gasteiger partial charge in [0, 0.05) is 26.1 Å². The minimum absolute atomic E-state index is 0.0790. The third-order valence-corrected chi connectivity index (χ3v) is 2.33. The molecule has 1 aliphatic heterocycles. The maximum Gasteiger partial charge on any atom is 0.217 e. The number of hydrogen-bond donors (Lipinski definition) is 1. The van der Waals surface area contributed by atoms with E-state index in [1.54, 1.807) is 6.92 Å². The van der Waals surface area contributed by atoms with E-state index in [1.165, 1.54) is 6.42 Å². The van der Waals surface area contributed by atoms with Crippen molar-refractivity contribution in [3.05, 3.63) is 0 Å². The maximum atomic E-state index is 10.7. The van der Waals surface area contributed by atoms with Gasteiger partial charge in [-0.1, -0.05) is 9.39 Å². The van der Waals surface area contributed by atoms with Gasteiger partial charge in [0.15, 0.2) is 0 Å². The average Bonchev–Trinajstić information content (AvgIpc) is 1.85. The second kappa shape index (κ2) is 4.03. The van der Waals surface area contributed by atoms with Gasteiger partial charge in [0.1, 0.15) is 0 Å². The van der Waals surface area contributed by atoms with Gasteiger partial charge in [0.25, 0.3) is 0 Å². The Balaban J connectivity index is 2.28. The molecule has 1 unspecified atom stereocenters. The molecule has 1 fully saturated rings. The SMILES string of the molecule is CC(=O)N[C@@H]1CCCN(P)C1. The lowest BCUT2D eigenvalue weighted by Crippen LogP contribution is -2.43. The highest BCUT2D eigenvalue weighted by Crippen LogP contribution is 2.12. The standard InChI is InChI=1S/C7H15N2OP/c1-6(10)8-7-3-2-4-9(11)5-7/h7H,2-5,11H2,1H3,(H,8,10)/t7-/m1/s1. The molecule has 0 aliphatic carbocycles. The third kappa shape index (κ3) is 3.17. The zero-order valence-corrected chi connectivity index (χ0v) is 7.99. The molecule has 1 rings (SSSR count). The second-order valence-electron chi connectivity index (χ2n) is 3.03. The van der Waals surface area contributed by atoms with Crippen LogP contribution in [0, 0.1) is 0 Å². The summed E-state index contributed by atoms with van der Waals surface area (Å²) in [4.78, 5) is 10.7. The summed E-state index contributed by atoms with van der Waals surface area (Å²) in [6.45, 7) is 3.66. The third-order valence-electron chi connectivity index (χ3n) is 1.86. The maximum absolute atomic E-state index is 10.7. The number of nitrogens with zero attached hydrogens (tertiary/aromatic N) is 1. The van der Waals surface area contributed by atoms with Crippen LogP contribution in [0.2, 0.25) is 0 Å². The molecular formula is C7H15N2OP. The van der Waals surface area contributed by atoms with Crippen LogP contribution in [0.3, 0.4) is 0 Å². The molecule has 11 heavy (non-hydrogen) atoms. The van der Waals surface area contributed by atoms with Crippen molar-refractivity contribution in [1.82, 2.24) is 9.99 Å². The van der Waals surface area contributed by atoms with Crippen LogP contribution in [0.25, 0.3) is 0 Å². The van der Waals surface area contributed by atoms with Gasteiger partial charge in [0.05, 0.1) is 0 Å². The molecule has 3 nitrogen and oxygen atoms in total. The van der Waals surface area contributed by atoms with E-state index in [4.69, 9.17) is 0 Å². The van der Waals surface area contributed by atoms with Crippen LogP contribution < -0.4 is 5.32 Å². The Bertz CT molecular complexity index is 151. The average molecular weight is 174 g/mol. The molecular weight excluding hydrogens is 159 g/mol. The van der Waals surface area contributed by atoms with Gasteiger partial charge < -0.3 is 5.32 Å². The van der Waals surface area contributed by atoms with Crippen LogP contribution in [0.5, 0.6) is 0 Å². The second-order valence-corrected chi connectivity index (χ2v) is 3.76. The topological polar surface area (TPSA) is 32.3 Å². The summed E-state index contributed by atoms with van der Waals surface area (Å²) >= 11 is 0. The van der Waals surface area contributed by atoms with Crippen molar-refractivity contribution >= 4 is 15.3 Å². The summed E-state index contributed by atoms with van der Waals surface area (Å²) in [6.07, 6.45) is 2.29. The summed E-state index contributed by atoms with van der Waals surface area (Å²) in [5, 5.41) is 2.92. The van der Waals surface area contributed by atoms with Crippen LogP contribution in [-0.4, -0.2) is 29.7 Å². The quantitative estimate of drug-likeness (QED) is 0.583. The van der Waals surface area contributed by atoms with Gasteiger partial charge in [-0.3, -0.25) is 9.46 Å². The van der Waals surface area contributed by atoms with Crippen LogP contribution >= 0.6 is 9.39 Å². The van der Waals surface area contributed by atoms with E-state index >= 15 is 0 Å². The lowest BCUT2D eigenvalue weighted by molar-refractivity contribution is -0.119. The number of piperidine rings is 1. The monoisotopic (exact) mass is 174 g/mol. The Labute approximate surface area is 69.8 Å². The zero-order chi connectivity index (χ0) is 8.27. The Morgan fingerprint density at radius 2 is 2.45 bits per heavy atom. The van der Waals surface area contributed by atoms with E-state index in [0.29, 0.717) is 6.04 Å². The molecule has 0 saturated carbocycles. The lowest BCUT2D eigenvalue weighted by atomic mass is 10.1. The van der Waals surface area contributed by atoms with Crippen molar-refractivity contribution in [3.63, 3.8) is 0 Å². The van der Waals surface area contributed by atoms with Gasteiger partial charge in [-0.2, -0.15) is 0 Å². The van der Waals surface area contributed by atoms with Crippen molar-refractivity contribution in [2.24, 2.45) is 0 Å². The number of nitrogens with one attached hydrogen (secondary N) is 1. The van der Waals surface area contributed by atoms with Crippen LogP contribution in [-0.2, 0) is 4.79 Å². The van der Waals surface area contributed by atoms with E-state index in [9.17, 15) is 4.79 Å². The summed E-state index contributed by atoms with van der Waals surface area (Å²) in [5.74, 6) is 0.0790. The van der Waals surface area contributed by atoms with Gasteiger partial charge >= 0.3 is 0 Å².